The first-order valence-electron chi connectivity index (χ1n) is 11.1. The molecule has 2 N–H and O–H groups in total. The van der Waals surface area contributed by atoms with Gasteiger partial charge in [-0.1, -0.05) is 29.8 Å². The predicted molar refractivity (Wildman–Crippen MR) is 125 cm³/mol. The highest BCUT2D eigenvalue weighted by atomic mass is 35.5. The van der Waals surface area contributed by atoms with Crippen molar-refractivity contribution in [1.29, 1.82) is 0 Å². The summed E-state index contributed by atoms with van der Waals surface area (Å²) in [6.45, 7) is 0.725. The summed E-state index contributed by atoms with van der Waals surface area (Å²) in [4.78, 5) is 17.0. The number of piperidine rings is 1. The second-order valence-electron chi connectivity index (χ2n) is 8.61. The summed E-state index contributed by atoms with van der Waals surface area (Å²) in [5.41, 5.74) is 1.60. The molecule has 2 heterocycles. The lowest BCUT2D eigenvalue weighted by Crippen LogP contribution is -2.38. The SMILES string of the molecule is COc1nc2ccc(C(O)C3CCN(C(=O)O)CC3)cc2c(Cl)c1Cc1ccc(C(F)(F)F)cc1. The van der Waals surface area contributed by atoms with Gasteiger partial charge in [0.1, 0.15) is 0 Å². The monoisotopic (exact) mass is 508 g/mol. The van der Waals surface area contributed by atoms with Gasteiger partial charge in [-0.05, 0) is 54.2 Å². The number of benzene rings is 2. The summed E-state index contributed by atoms with van der Waals surface area (Å²) in [5, 5.41) is 21.0. The topological polar surface area (TPSA) is 82.9 Å². The zero-order valence-electron chi connectivity index (χ0n) is 18.8. The molecule has 0 radical (unpaired) electrons. The molecule has 2 aromatic carbocycles. The standard InChI is InChI=1S/C25H24ClF3N2O4/c1-35-23-19(12-14-2-5-17(6-3-14)25(27,28)29)21(26)18-13-16(4-7-20(18)30-23)22(32)15-8-10-31(11-9-15)24(33)34/h2-7,13,15,22,32H,8-12H2,1H3,(H,33,34). The fourth-order valence-electron chi connectivity index (χ4n) is 4.46. The molecule has 3 aromatic rings. The minimum Gasteiger partial charge on any atom is -0.481 e. The molecule has 4 rings (SSSR count). The van der Waals surface area contributed by atoms with E-state index in [0.29, 0.717) is 58.5 Å². The molecular weight excluding hydrogens is 485 g/mol. The number of methoxy groups -OCH3 is 1. The van der Waals surface area contributed by atoms with Gasteiger partial charge in [-0.15, -0.1) is 0 Å². The van der Waals surface area contributed by atoms with Crippen LogP contribution in [0.2, 0.25) is 5.02 Å². The lowest BCUT2D eigenvalue weighted by atomic mass is 9.87. The van der Waals surface area contributed by atoms with E-state index in [9.17, 15) is 23.1 Å². The van der Waals surface area contributed by atoms with E-state index >= 15 is 0 Å². The number of aliphatic hydroxyl groups is 1. The number of hydrogen-bond donors (Lipinski definition) is 2. The lowest BCUT2D eigenvalue weighted by molar-refractivity contribution is -0.137. The number of carboxylic acid groups (broad SMARTS) is 1. The third-order valence-corrected chi connectivity index (χ3v) is 6.89. The molecule has 1 saturated heterocycles. The highest BCUT2D eigenvalue weighted by Gasteiger charge is 2.30. The molecule has 186 valence electrons. The molecule has 1 aliphatic heterocycles. The number of rotatable bonds is 5. The maximum Gasteiger partial charge on any atom is 0.416 e. The van der Waals surface area contributed by atoms with Gasteiger partial charge >= 0.3 is 12.3 Å². The summed E-state index contributed by atoms with van der Waals surface area (Å²) in [5.74, 6) is 0.177. The van der Waals surface area contributed by atoms with E-state index in [1.54, 1.807) is 18.2 Å². The van der Waals surface area contributed by atoms with Gasteiger partial charge in [-0.25, -0.2) is 9.78 Å². The van der Waals surface area contributed by atoms with Gasteiger partial charge in [0.05, 0.1) is 29.3 Å². The van der Waals surface area contributed by atoms with E-state index in [0.717, 1.165) is 12.1 Å². The Kier molecular flexibility index (Phi) is 7.10. The molecule has 1 aliphatic rings. The normalized spacial score (nSPS) is 15.9. The van der Waals surface area contributed by atoms with Crippen molar-refractivity contribution in [2.24, 2.45) is 5.92 Å². The number of alkyl halides is 3. The zero-order valence-corrected chi connectivity index (χ0v) is 19.6. The maximum atomic E-state index is 12.9. The van der Waals surface area contributed by atoms with Crippen LogP contribution in [0.5, 0.6) is 5.88 Å². The Hall–Kier alpha value is -3.04. The number of amides is 1. The average Bonchev–Trinajstić information content (AvgIpc) is 2.84. The van der Waals surface area contributed by atoms with E-state index in [1.807, 2.05) is 0 Å². The van der Waals surface area contributed by atoms with Crippen LogP contribution in [-0.4, -0.2) is 46.4 Å². The molecule has 1 aromatic heterocycles. The Morgan fingerprint density at radius 3 is 2.43 bits per heavy atom. The molecule has 1 fully saturated rings. The number of halogens is 4. The highest BCUT2D eigenvalue weighted by Crippen LogP contribution is 2.38. The van der Waals surface area contributed by atoms with Gasteiger partial charge in [0.15, 0.2) is 0 Å². The van der Waals surface area contributed by atoms with Crippen LogP contribution in [0.15, 0.2) is 42.5 Å². The molecule has 0 spiro atoms. The van der Waals surface area contributed by atoms with E-state index in [-0.39, 0.29) is 18.2 Å². The third-order valence-electron chi connectivity index (χ3n) is 6.46. The molecule has 10 heteroatoms. The van der Waals surface area contributed by atoms with E-state index in [1.165, 1.54) is 24.1 Å². The second kappa shape index (κ2) is 9.91. The van der Waals surface area contributed by atoms with Crippen molar-refractivity contribution in [1.82, 2.24) is 9.88 Å². The van der Waals surface area contributed by atoms with Crippen LogP contribution in [0.1, 0.15) is 41.2 Å². The number of carbonyl (C=O) groups is 1. The van der Waals surface area contributed by atoms with Crippen LogP contribution in [0.4, 0.5) is 18.0 Å². The van der Waals surface area contributed by atoms with E-state index < -0.39 is 23.9 Å². The van der Waals surface area contributed by atoms with Gasteiger partial charge in [0, 0.05) is 30.5 Å². The summed E-state index contributed by atoms with van der Waals surface area (Å²) in [6, 6.07) is 10.1. The van der Waals surface area contributed by atoms with Crippen molar-refractivity contribution in [3.63, 3.8) is 0 Å². The number of ether oxygens (including phenoxy) is 1. The number of pyridine rings is 1. The molecule has 6 nitrogen and oxygen atoms in total. The quantitative estimate of drug-likeness (QED) is 0.446. The predicted octanol–water partition coefficient (Wildman–Crippen LogP) is 5.93. The first-order chi connectivity index (χ1) is 16.6. The molecule has 1 amide bonds. The van der Waals surface area contributed by atoms with E-state index in [4.69, 9.17) is 21.4 Å². The van der Waals surface area contributed by atoms with Gasteiger partial charge < -0.3 is 19.8 Å². The summed E-state index contributed by atoms with van der Waals surface area (Å²) in [7, 11) is 1.45. The van der Waals surface area contributed by atoms with Crippen molar-refractivity contribution in [3.8, 4) is 5.88 Å². The number of hydrogen-bond acceptors (Lipinski definition) is 4. The molecule has 35 heavy (non-hydrogen) atoms. The van der Waals surface area contributed by atoms with E-state index in [2.05, 4.69) is 4.98 Å². The Bertz CT molecular complexity index is 1230. The number of fused-ring (bicyclic) bond motifs is 1. The Morgan fingerprint density at radius 1 is 1.20 bits per heavy atom. The van der Waals surface area contributed by atoms with Crippen LogP contribution in [0.3, 0.4) is 0 Å². The first kappa shape index (κ1) is 25.1. The zero-order chi connectivity index (χ0) is 25.3. The molecule has 0 aliphatic carbocycles. The van der Waals surface area contributed by atoms with Gasteiger partial charge in [0.25, 0.3) is 0 Å². The van der Waals surface area contributed by atoms with Crippen LogP contribution < -0.4 is 4.74 Å². The minimum absolute atomic E-state index is 0.0975. The summed E-state index contributed by atoms with van der Waals surface area (Å²) < 4.78 is 44.1. The van der Waals surface area contributed by atoms with Crippen molar-refractivity contribution >= 4 is 28.6 Å². The molecular formula is C25H24ClF3N2O4. The first-order valence-corrected chi connectivity index (χ1v) is 11.4. The Balaban J connectivity index is 1.63. The van der Waals surface area contributed by atoms with Crippen LogP contribution in [-0.2, 0) is 12.6 Å². The smallest absolute Gasteiger partial charge is 0.416 e. The Morgan fingerprint density at radius 2 is 1.86 bits per heavy atom. The number of aromatic nitrogens is 1. The van der Waals surface area contributed by atoms with Crippen molar-refractivity contribution in [2.75, 3.05) is 20.2 Å². The van der Waals surface area contributed by atoms with Crippen molar-refractivity contribution < 1.29 is 32.9 Å². The van der Waals surface area contributed by atoms with Crippen LogP contribution >= 0.6 is 11.6 Å². The highest BCUT2D eigenvalue weighted by molar-refractivity contribution is 6.36. The average molecular weight is 509 g/mol. The van der Waals surface area contributed by atoms with Gasteiger partial charge in [-0.2, -0.15) is 13.2 Å². The van der Waals surface area contributed by atoms with Crippen molar-refractivity contribution in [3.05, 3.63) is 69.7 Å². The molecule has 1 atom stereocenters. The number of likely N-dealkylation sites (tertiary alicyclic amines) is 1. The third kappa shape index (κ3) is 5.31. The number of nitrogens with zero attached hydrogens (tertiary/aromatic N) is 2. The number of aliphatic hydroxyl groups excluding tert-OH is 1. The minimum atomic E-state index is -4.42. The lowest BCUT2D eigenvalue weighted by Gasteiger charge is -2.32. The fourth-order valence-corrected chi connectivity index (χ4v) is 4.76. The summed E-state index contributed by atoms with van der Waals surface area (Å²) >= 11 is 6.74. The molecule has 1 unspecified atom stereocenters. The maximum absolute atomic E-state index is 12.9. The van der Waals surface area contributed by atoms with Crippen LogP contribution in [0, 0.1) is 5.92 Å². The fraction of sp³-hybridized carbons (Fsp3) is 0.360. The van der Waals surface area contributed by atoms with Gasteiger partial charge in [0.2, 0.25) is 5.88 Å². The molecule has 0 bridgehead atoms. The second-order valence-corrected chi connectivity index (χ2v) is 8.99. The van der Waals surface area contributed by atoms with Gasteiger partial charge in [-0.3, -0.25) is 0 Å². The van der Waals surface area contributed by atoms with Crippen molar-refractivity contribution in [2.45, 2.75) is 31.5 Å². The van der Waals surface area contributed by atoms with Crippen LogP contribution in [0.25, 0.3) is 10.9 Å². The molecule has 0 saturated carbocycles. The summed E-state index contributed by atoms with van der Waals surface area (Å²) in [6.07, 6.45) is -4.88. The Labute approximate surface area is 204 Å². The largest absolute Gasteiger partial charge is 0.481 e.